The number of aromatic nitrogens is 1. The number of carbonyl (C=O) groups excluding carboxylic acids is 1. The van der Waals surface area contributed by atoms with Crippen molar-refractivity contribution in [3.05, 3.63) is 59.1 Å². The molecule has 2 heterocycles. The van der Waals surface area contributed by atoms with Crippen LogP contribution in [0.25, 0.3) is 10.2 Å². The Balaban J connectivity index is 1.26. The maximum absolute atomic E-state index is 12.7. The maximum Gasteiger partial charge on any atom is 0.223 e. The number of hydrogen-bond donors (Lipinski definition) is 1. The van der Waals surface area contributed by atoms with Gasteiger partial charge in [-0.1, -0.05) is 30.3 Å². The number of aryl methyl sites for hydroxylation is 1. The van der Waals surface area contributed by atoms with Gasteiger partial charge in [-0.15, -0.1) is 11.3 Å². The number of amides is 1. The number of thiazole rings is 1. The number of piperazine rings is 1. The lowest BCUT2D eigenvalue weighted by Crippen LogP contribution is -3.13. The number of ether oxygens (including phenoxy) is 1. The summed E-state index contributed by atoms with van der Waals surface area (Å²) in [6.45, 7) is 7.19. The van der Waals surface area contributed by atoms with E-state index in [1.165, 1.54) is 14.6 Å². The summed E-state index contributed by atoms with van der Waals surface area (Å²) in [6, 6.07) is 16.3. The molecule has 29 heavy (non-hydrogen) atoms. The highest BCUT2D eigenvalue weighted by atomic mass is 32.1. The van der Waals surface area contributed by atoms with Crippen LogP contribution in [0.3, 0.4) is 0 Å². The van der Waals surface area contributed by atoms with E-state index in [2.05, 4.69) is 24.3 Å². The molecule has 1 saturated heterocycles. The van der Waals surface area contributed by atoms with Gasteiger partial charge in [-0.05, 0) is 37.1 Å². The molecule has 5 nitrogen and oxygen atoms in total. The van der Waals surface area contributed by atoms with Gasteiger partial charge in [0.1, 0.15) is 17.3 Å². The summed E-state index contributed by atoms with van der Waals surface area (Å²) in [5.41, 5.74) is 2.20. The molecule has 0 radical (unpaired) electrons. The Labute approximate surface area is 175 Å². The fourth-order valence-electron chi connectivity index (χ4n) is 3.86. The highest BCUT2D eigenvalue weighted by molar-refractivity contribution is 7.18. The smallest absolute Gasteiger partial charge is 0.223 e. The highest BCUT2D eigenvalue weighted by Gasteiger charge is 2.24. The fourth-order valence-corrected chi connectivity index (χ4v) is 4.90. The third kappa shape index (κ3) is 4.95. The molecule has 1 N–H and O–H groups in total. The number of hydrogen-bond acceptors (Lipinski definition) is 4. The first kappa shape index (κ1) is 19.9. The summed E-state index contributed by atoms with van der Waals surface area (Å²) in [5, 5.41) is 1.19. The average molecular weight is 411 g/mol. The number of benzene rings is 2. The first-order valence-corrected chi connectivity index (χ1v) is 11.2. The van der Waals surface area contributed by atoms with Crippen molar-refractivity contribution in [3.63, 3.8) is 0 Å². The van der Waals surface area contributed by atoms with Crippen molar-refractivity contribution < 1.29 is 14.4 Å². The van der Waals surface area contributed by atoms with Crippen LogP contribution >= 0.6 is 11.3 Å². The van der Waals surface area contributed by atoms with Crippen LogP contribution in [-0.2, 0) is 17.8 Å². The molecule has 3 aromatic rings. The Morgan fingerprint density at radius 2 is 1.90 bits per heavy atom. The third-order valence-corrected chi connectivity index (χ3v) is 6.48. The van der Waals surface area contributed by atoms with E-state index in [0.717, 1.165) is 56.0 Å². The zero-order valence-corrected chi connectivity index (χ0v) is 17.7. The average Bonchev–Trinajstić information content (AvgIpc) is 3.16. The number of rotatable bonds is 7. The normalized spacial score (nSPS) is 15.0. The third-order valence-electron chi connectivity index (χ3n) is 5.44. The molecule has 4 rings (SSSR count). The van der Waals surface area contributed by atoms with Gasteiger partial charge in [-0.25, -0.2) is 4.98 Å². The standard InChI is InChI=1S/C23H27N3O2S/c1-2-28-20-9-5-3-7-18(20)11-12-23(27)26-15-13-25(14-16-26)17-22-24-19-8-4-6-10-21(19)29-22/h3-10H,2,11-17H2,1H3/p+1. The molecule has 1 aliphatic heterocycles. The molecule has 152 valence electrons. The summed E-state index contributed by atoms with van der Waals surface area (Å²) in [4.78, 5) is 21.0. The van der Waals surface area contributed by atoms with Gasteiger partial charge >= 0.3 is 0 Å². The van der Waals surface area contributed by atoms with Crippen LogP contribution in [0.1, 0.15) is 23.9 Å². The van der Waals surface area contributed by atoms with Gasteiger partial charge in [0.15, 0.2) is 0 Å². The van der Waals surface area contributed by atoms with Gasteiger partial charge in [-0.2, -0.15) is 0 Å². The van der Waals surface area contributed by atoms with Gasteiger partial charge in [-0.3, -0.25) is 4.79 Å². The molecular weight excluding hydrogens is 382 g/mol. The minimum Gasteiger partial charge on any atom is -0.494 e. The van der Waals surface area contributed by atoms with Gasteiger partial charge < -0.3 is 14.5 Å². The lowest BCUT2D eigenvalue weighted by atomic mass is 10.1. The number of fused-ring (bicyclic) bond motifs is 1. The van der Waals surface area contributed by atoms with Crippen molar-refractivity contribution in [2.24, 2.45) is 0 Å². The number of carbonyl (C=O) groups is 1. The van der Waals surface area contributed by atoms with E-state index in [-0.39, 0.29) is 5.91 Å². The van der Waals surface area contributed by atoms with Crippen molar-refractivity contribution in [2.45, 2.75) is 26.3 Å². The quantitative estimate of drug-likeness (QED) is 0.651. The number of nitrogens with zero attached hydrogens (tertiary/aromatic N) is 2. The molecule has 0 bridgehead atoms. The number of para-hydroxylation sites is 2. The van der Waals surface area contributed by atoms with Crippen LogP contribution in [0, 0.1) is 0 Å². The molecule has 1 aliphatic rings. The SMILES string of the molecule is CCOc1ccccc1CCC(=O)N1CC[NH+](Cc2nc3ccccc3s2)CC1. The zero-order valence-electron chi connectivity index (χ0n) is 16.9. The van der Waals surface area contributed by atoms with Crippen LogP contribution in [0.5, 0.6) is 5.75 Å². The van der Waals surface area contributed by atoms with E-state index in [1.54, 1.807) is 11.3 Å². The minimum absolute atomic E-state index is 0.246. The molecule has 0 spiro atoms. The van der Waals surface area contributed by atoms with Gasteiger partial charge in [0.05, 0.1) is 43.0 Å². The summed E-state index contributed by atoms with van der Waals surface area (Å²) >= 11 is 1.78. The molecule has 1 fully saturated rings. The summed E-state index contributed by atoms with van der Waals surface area (Å²) < 4.78 is 6.93. The van der Waals surface area contributed by atoms with E-state index >= 15 is 0 Å². The Morgan fingerprint density at radius 3 is 2.69 bits per heavy atom. The van der Waals surface area contributed by atoms with Crippen molar-refractivity contribution in [1.82, 2.24) is 9.88 Å². The highest BCUT2D eigenvalue weighted by Crippen LogP contribution is 2.21. The first-order valence-electron chi connectivity index (χ1n) is 10.4. The monoisotopic (exact) mass is 410 g/mol. The second-order valence-corrected chi connectivity index (χ2v) is 8.54. The van der Waals surface area contributed by atoms with Crippen molar-refractivity contribution >= 4 is 27.5 Å². The van der Waals surface area contributed by atoms with E-state index in [9.17, 15) is 4.79 Å². The summed E-state index contributed by atoms with van der Waals surface area (Å²) in [6.07, 6.45) is 1.27. The lowest BCUT2D eigenvalue weighted by molar-refractivity contribution is -0.917. The molecule has 0 atom stereocenters. The summed E-state index contributed by atoms with van der Waals surface area (Å²) in [5.74, 6) is 1.14. The van der Waals surface area contributed by atoms with E-state index in [1.807, 2.05) is 36.1 Å². The molecule has 1 aromatic heterocycles. The van der Waals surface area contributed by atoms with E-state index < -0.39 is 0 Å². The van der Waals surface area contributed by atoms with Crippen LogP contribution in [0.4, 0.5) is 0 Å². The van der Waals surface area contributed by atoms with E-state index in [0.29, 0.717) is 13.0 Å². The first-order chi connectivity index (χ1) is 14.2. The summed E-state index contributed by atoms with van der Waals surface area (Å²) in [7, 11) is 0. The largest absolute Gasteiger partial charge is 0.494 e. The second-order valence-electron chi connectivity index (χ2n) is 7.42. The Morgan fingerprint density at radius 1 is 1.14 bits per heavy atom. The van der Waals surface area contributed by atoms with Crippen molar-refractivity contribution in [1.29, 1.82) is 0 Å². The number of quaternary nitrogens is 1. The van der Waals surface area contributed by atoms with Crippen molar-refractivity contribution in [2.75, 3.05) is 32.8 Å². The Bertz CT molecular complexity index is 930. The molecule has 0 unspecified atom stereocenters. The minimum atomic E-state index is 0.246. The Hall–Kier alpha value is -2.44. The van der Waals surface area contributed by atoms with Crippen LogP contribution in [0.2, 0.25) is 0 Å². The zero-order chi connectivity index (χ0) is 20.1. The van der Waals surface area contributed by atoms with Crippen LogP contribution < -0.4 is 9.64 Å². The molecule has 6 heteroatoms. The molecular formula is C23H28N3O2S+. The van der Waals surface area contributed by atoms with Gasteiger partial charge in [0.25, 0.3) is 0 Å². The second kappa shape index (κ2) is 9.37. The van der Waals surface area contributed by atoms with Gasteiger partial charge in [0, 0.05) is 6.42 Å². The van der Waals surface area contributed by atoms with Crippen molar-refractivity contribution in [3.8, 4) is 5.75 Å². The molecule has 2 aromatic carbocycles. The molecule has 1 amide bonds. The predicted molar refractivity (Wildman–Crippen MR) is 117 cm³/mol. The maximum atomic E-state index is 12.7. The van der Waals surface area contributed by atoms with Crippen LogP contribution in [0.15, 0.2) is 48.5 Å². The van der Waals surface area contributed by atoms with Gasteiger partial charge in [0.2, 0.25) is 5.91 Å². The van der Waals surface area contributed by atoms with Crippen LogP contribution in [-0.4, -0.2) is 48.6 Å². The lowest BCUT2D eigenvalue weighted by Gasteiger charge is -2.32. The van der Waals surface area contributed by atoms with E-state index in [4.69, 9.17) is 9.72 Å². The Kier molecular flexibility index (Phi) is 6.42. The topological polar surface area (TPSA) is 46.9 Å². The molecule has 0 aliphatic carbocycles. The predicted octanol–water partition coefficient (Wildman–Crippen LogP) is 2.55. The molecule has 0 saturated carbocycles. The fraction of sp³-hybridized carbons (Fsp3) is 0.391. The number of nitrogens with one attached hydrogen (secondary N) is 1.